The summed E-state index contributed by atoms with van der Waals surface area (Å²) < 4.78 is 5.34. The molecule has 0 unspecified atom stereocenters. The highest BCUT2D eigenvalue weighted by molar-refractivity contribution is 6.31. The van der Waals surface area contributed by atoms with Crippen molar-refractivity contribution >= 4 is 23.3 Å². The van der Waals surface area contributed by atoms with Gasteiger partial charge in [0.2, 0.25) is 0 Å². The Morgan fingerprint density at radius 2 is 1.86 bits per heavy atom. The van der Waals surface area contributed by atoms with Crippen LogP contribution in [0, 0.1) is 0 Å². The number of halogens is 1. The Bertz CT molecular complexity index is 599. The van der Waals surface area contributed by atoms with Crippen LogP contribution in [0.5, 0.6) is 5.75 Å². The van der Waals surface area contributed by atoms with Gasteiger partial charge in [0, 0.05) is 17.3 Å². The number of benzene rings is 2. The maximum absolute atomic E-state index is 11.8. The van der Waals surface area contributed by atoms with Crippen molar-refractivity contribution in [2.45, 2.75) is 13.5 Å². The second kappa shape index (κ2) is 7.55. The normalized spacial score (nSPS) is 10.0. The first kappa shape index (κ1) is 15.2. The Balaban J connectivity index is 1.85. The minimum Gasteiger partial charge on any atom is -0.494 e. The molecule has 21 heavy (non-hydrogen) atoms. The summed E-state index contributed by atoms with van der Waals surface area (Å²) in [6.07, 6.45) is 0. The molecule has 0 aliphatic heterocycles. The van der Waals surface area contributed by atoms with Crippen LogP contribution >= 0.6 is 11.6 Å². The molecule has 2 rings (SSSR count). The molecule has 0 saturated heterocycles. The first-order valence-electron chi connectivity index (χ1n) is 6.70. The van der Waals surface area contributed by atoms with Gasteiger partial charge in [0.05, 0.1) is 6.61 Å². The maximum atomic E-state index is 11.8. The van der Waals surface area contributed by atoms with Crippen molar-refractivity contribution in [1.29, 1.82) is 0 Å². The Labute approximate surface area is 129 Å². The molecule has 4 nitrogen and oxygen atoms in total. The van der Waals surface area contributed by atoms with Gasteiger partial charge >= 0.3 is 6.03 Å². The summed E-state index contributed by atoms with van der Waals surface area (Å²) in [4.78, 5) is 11.8. The van der Waals surface area contributed by atoms with Gasteiger partial charge in [-0.25, -0.2) is 4.79 Å². The second-order valence-corrected chi connectivity index (χ2v) is 4.76. The maximum Gasteiger partial charge on any atom is 0.319 e. The van der Waals surface area contributed by atoms with Gasteiger partial charge in [-0.05, 0) is 42.8 Å². The minimum atomic E-state index is -0.279. The summed E-state index contributed by atoms with van der Waals surface area (Å²) in [7, 11) is 0. The van der Waals surface area contributed by atoms with Gasteiger partial charge in [0.25, 0.3) is 0 Å². The van der Waals surface area contributed by atoms with E-state index in [9.17, 15) is 4.79 Å². The Morgan fingerprint density at radius 3 is 2.52 bits per heavy atom. The molecule has 0 aliphatic rings. The molecule has 0 aromatic heterocycles. The molecular formula is C16H17ClN2O2. The van der Waals surface area contributed by atoms with Crippen LogP contribution in [0.4, 0.5) is 10.5 Å². The van der Waals surface area contributed by atoms with E-state index in [1.165, 1.54) is 0 Å². The van der Waals surface area contributed by atoms with Crippen molar-refractivity contribution in [3.63, 3.8) is 0 Å². The van der Waals surface area contributed by atoms with Gasteiger partial charge in [0.1, 0.15) is 5.75 Å². The summed E-state index contributed by atoms with van der Waals surface area (Å²) in [5.41, 5.74) is 1.58. The minimum absolute atomic E-state index is 0.279. The zero-order valence-corrected chi connectivity index (χ0v) is 12.5. The van der Waals surface area contributed by atoms with Gasteiger partial charge in [-0.1, -0.05) is 29.8 Å². The van der Waals surface area contributed by atoms with Crippen LogP contribution in [0.25, 0.3) is 0 Å². The number of hydrogen-bond acceptors (Lipinski definition) is 2. The lowest BCUT2D eigenvalue weighted by atomic mass is 10.2. The van der Waals surface area contributed by atoms with Crippen LogP contribution in [-0.4, -0.2) is 12.6 Å². The van der Waals surface area contributed by atoms with Crippen LogP contribution in [0.3, 0.4) is 0 Å². The number of amides is 2. The molecule has 2 N–H and O–H groups in total. The summed E-state index contributed by atoms with van der Waals surface area (Å²) in [6, 6.07) is 14.3. The molecule has 2 aromatic carbocycles. The van der Waals surface area contributed by atoms with Crippen molar-refractivity contribution in [3.05, 3.63) is 59.1 Å². The third kappa shape index (κ3) is 4.68. The number of carbonyl (C=O) groups excluding carboxylic acids is 1. The van der Waals surface area contributed by atoms with Crippen molar-refractivity contribution in [2.75, 3.05) is 11.9 Å². The van der Waals surface area contributed by atoms with Crippen LogP contribution in [0.1, 0.15) is 12.5 Å². The SMILES string of the molecule is CCOc1ccc(NC(=O)NCc2ccccc2Cl)cc1. The topological polar surface area (TPSA) is 50.4 Å². The molecule has 0 fully saturated rings. The lowest BCUT2D eigenvalue weighted by molar-refractivity contribution is 0.251. The number of urea groups is 1. The first-order valence-corrected chi connectivity index (χ1v) is 7.08. The van der Waals surface area contributed by atoms with E-state index in [0.717, 1.165) is 11.3 Å². The van der Waals surface area contributed by atoms with Crippen molar-refractivity contribution in [3.8, 4) is 5.75 Å². The Morgan fingerprint density at radius 1 is 1.14 bits per heavy atom. The highest BCUT2D eigenvalue weighted by Crippen LogP contribution is 2.16. The number of hydrogen-bond donors (Lipinski definition) is 2. The zero-order valence-electron chi connectivity index (χ0n) is 11.7. The van der Waals surface area contributed by atoms with Gasteiger partial charge in [0.15, 0.2) is 0 Å². The number of ether oxygens (including phenoxy) is 1. The fourth-order valence-electron chi connectivity index (χ4n) is 1.79. The number of anilines is 1. The van der Waals surface area contributed by atoms with Crippen LogP contribution in [0.15, 0.2) is 48.5 Å². The number of rotatable bonds is 5. The summed E-state index contributed by atoms with van der Waals surface area (Å²) in [5.74, 6) is 0.777. The highest BCUT2D eigenvalue weighted by atomic mass is 35.5. The van der Waals surface area contributed by atoms with Crippen molar-refractivity contribution in [2.24, 2.45) is 0 Å². The molecule has 0 saturated carbocycles. The second-order valence-electron chi connectivity index (χ2n) is 4.36. The fraction of sp³-hybridized carbons (Fsp3) is 0.188. The van der Waals surface area contributed by atoms with Crippen LogP contribution in [-0.2, 0) is 6.54 Å². The zero-order chi connectivity index (χ0) is 15.1. The molecule has 0 spiro atoms. The average molecular weight is 305 g/mol. The quantitative estimate of drug-likeness (QED) is 0.875. The molecule has 0 radical (unpaired) electrons. The van der Waals surface area contributed by atoms with E-state index >= 15 is 0 Å². The first-order chi connectivity index (χ1) is 10.2. The van der Waals surface area contributed by atoms with Crippen LogP contribution in [0.2, 0.25) is 5.02 Å². The third-order valence-electron chi connectivity index (χ3n) is 2.82. The van der Waals surface area contributed by atoms with E-state index in [-0.39, 0.29) is 6.03 Å². The summed E-state index contributed by atoms with van der Waals surface area (Å²) in [5, 5.41) is 6.15. The number of carbonyl (C=O) groups is 1. The average Bonchev–Trinajstić information content (AvgIpc) is 2.49. The van der Waals surface area contributed by atoms with Crippen molar-refractivity contribution < 1.29 is 9.53 Å². The lowest BCUT2D eigenvalue weighted by Crippen LogP contribution is -2.28. The van der Waals surface area contributed by atoms with E-state index in [4.69, 9.17) is 16.3 Å². The highest BCUT2D eigenvalue weighted by Gasteiger charge is 2.04. The third-order valence-corrected chi connectivity index (χ3v) is 3.19. The molecule has 0 aliphatic carbocycles. The van der Waals surface area contributed by atoms with E-state index in [0.29, 0.717) is 23.9 Å². The predicted molar refractivity (Wildman–Crippen MR) is 84.9 cm³/mol. The smallest absolute Gasteiger partial charge is 0.319 e. The monoisotopic (exact) mass is 304 g/mol. The van der Waals surface area contributed by atoms with E-state index < -0.39 is 0 Å². The fourth-order valence-corrected chi connectivity index (χ4v) is 2.00. The molecule has 110 valence electrons. The van der Waals surface area contributed by atoms with E-state index in [1.54, 1.807) is 18.2 Å². The molecule has 0 heterocycles. The molecule has 0 bridgehead atoms. The Hall–Kier alpha value is -2.20. The van der Waals surface area contributed by atoms with Gasteiger partial charge < -0.3 is 15.4 Å². The lowest BCUT2D eigenvalue weighted by Gasteiger charge is -2.09. The van der Waals surface area contributed by atoms with Gasteiger partial charge in [-0.2, -0.15) is 0 Å². The molecule has 2 aromatic rings. The molecule has 5 heteroatoms. The largest absolute Gasteiger partial charge is 0.494 e. The van der Waals surface area contributed by atoms with Crippen LogP contribution < -0.4 is 15.4 Å². The standard InChI is InChI=1S/C16H17ClN2O2/c1-2-21-14-9-7-13(8-10-14)19-16(20)18-11-12-5-3-4-6-15(12)17/h3-10H,2,11H2,1H3,(H2,18,19,20). The molecule has 2 amide bonds. The van der Waals surface area contributed by atoms with E-state index in [2.05, 4.69) is 10.6 Å². The number of nitrogens with one attached hydrogen (secondary N) is 2. The van der Waals surface area contributed by atoms with Gasteiger partial charge in [-0.3, -0.25) is 0 Å². The van der Waals surface area contributed by atoms with Gasteiger partial charge in [-0.15, -0.1) is 0 Å². The Kier molecular flexibility index (Phi) is 5.46. The van der Waals surface area contributed by atoms with Crippen molar-refractivity contribution in [1.82, 2.24) is 5.32 Å². The molecule has 0 atom stereocenters. The van der Waals surface area contributed by atoms with E-state index in [1.807, 2.05) is 37.3 Å². The predicted octanol–water partition coefficient (Wildman–Crippen LogP) is 4.06. The molecular weight excluding hydrogens is 288 g/mol. The summed E-state index contributed by atoms with van der Waals surface area (Å²) in [6.45, 7) is 2.92. The summed E-state index contributed by atoms with van der Waals surface area (Å²) >= 11 is 6.03.